The number of hydrogen-bond donors (Lipinski definition) is 1. The van der Waals surface area contributed by atoms with E-state index in [9.17, 15) is 4.79 Å². The van der Waals surface area contributed by atoms with Crippen LogP contribution in [0.2, 0.25) is 0 Å². The first-order valence-corrected chi connectivity index (χ1v) is 6.58. The Kier molecular flexibility index (Phi) is 3.07. The summed E-state index contributed by atoms with van der Waals surface area (Å²) in [5.74, 6) is -0.300. The van der Waals surface area contributed by atoms with E-state index in [1.807, 2.05) is 0 Å². The minimum Gasteiger partial charge on any atom is -0.481 e. The Labute approximate surface area is 106 Å². The highest BCUT2D eigenvalue weighted by Gasteiger charge is 2.40. The summed E-state index contributed by atoms with van der Waals surface area (Å²) < 4.78 is 4.87. The fourth-order valence-corrected chi connectivity index (χ4v) is 3.57. The van der Waals surface area contributed by atoms with Crippen molar-refractivity contribution in [2.24, 2.45) is 5.92 Å². The molecule has 0 radical (unpaired) electrons. The Morgan fingerprint density at radius 2 is 2.17 bits per heavy atom. The van der Waals surface area contributed by atoms with Crippen LogP contribution in [0.3, 0.4) is 0 Å². The van der Waals surface area contributed by atoms with Gasteiger partial charge in [0.1, 0.15) is 6.26 Å². The molecule has 1 aromatic heterocycles. The lowest BCUT2D eigenvalue weighted by atomic mass is 9.88. The van der Waals surface area contributed by atoms with Gasteiger partial charge in [0, 0.05) is 30.6 Å². The van der Waals surface area contributed by atoms with Crippen molar-refractivity contribution in [1.29, 1.82) is 0 Å². The summed E-state index contributed by atoms with van der Waals surface area (Å²) in [6, 6.07) is 1.09. The monoisotopic (exact) mass is 250 g/mol. The van der Waals surface area contributed by atoms with E-state index in [1.54, 1.807) is 12.5 Å². The van der Waals surface area contributed by atoms with Gasteiger partial charge in [-0.2, -0.15) is 0 Å². The van der Waals surface area contributed by atoms with E-state index in [0.29, 0.717) is 24.4 Å². The number of fused-ring (bicyclic) bond motifs is 2. The molecule has 1 aromatic rings. The molecule has 0 spiro atoms. The molecule has 3 heterocycles. The fourth-order valence-electron chi connectivity index (χ4n) is 3.57. The predicted octanol–water partition coefficient (Wildman–Crippen LogP) is 1.89. The molecule has 5 heteroatoms. The Hall–Kier alpha value is -1.36. The first-order valence-electron chi connectivity index (χ1n) is 6.58. The predicted molar refractivity (Wildman–Crippen MR) is 63.8 cm³/mol. The van der Waals surface area contributed by atoms with Crippen molar-refractivity contribution in [1.82, 2.24) is 10.1 Å². The summed E-state index contributed by atoms with van der Waals surface area (Å²) in [6.07, 6.45) is 8.24. The second-order valence-corrected chi connectivity index (χ2v) is 5.53. The van der Waals surface area contributed by atoms with Gasteiger partial charge in [-0.3, -0.25) is 9.69 Å². The molecule has 2 saturated heterocycles. The molecule has 2 aliphatic heterocycles. The zero-order chi connectivity index (χ0) is 12.5. The summed E-state index contributed by atoms with van der Waals surface area (Å²) in [4.78, 5) is 13.3. The lowest BCUT2D eigenvalue weighted by molar-refractivity contribution is -0.138. The highest BCUT2D eigenvalue weighted by atomic mass is 16.5. The number of carboxylic acids is 1. The number of carbonyl (C=O) groups is 1. The van der Waals surface area contributed by atoms with Crippen LogP contribution in [0.25, 0.3) is 0 Å². The molecule has 2 atom stereocenters. The SMILES string of the molecule is O=C(O)CC1CC2CCC(C1)N2Cc1cnoc1. The van der Waals surface area contributed by atoms with Crippen molar-refractivity contribution in [3.8, 4) is 0 Å². The third kappa shape index (κ3) is 2.27. The van der Waals surface area contributed by atoms with Crippen molar-refractivity contribution in [2.75, 3.05) is 0 Å². The molecule has 5 nitrogen and oxygen atoms in total. The van der Waals surface area contributed by atoms with E-state index >= 15 is 0 Å². The van der Waals surface area contributed by atoms with Gasteiger partial charge in [0.2, 0.25) is 0 Å². The molecule has 2 aliphatic rings. The van der Waals surface area contributed by atoms with Crippen LogP contribution in [0.15, 0.2) is 17.0 Å². The summed E-state index contributed by atoms with van der Waals surface area (Å²) in [6.45, 7) is 0.888. The molecule has 2 unspecified atom stereocenters. The number of aromatic nitrogens is 1. The Morgan fingerprint density at radius 3 is 2.72 bits per heavy atom. The van der Waals surface area contributed by atoms with Gasteiger partial charge in [0.25, 0.3) is 0 Å². The highest BCUT2D eigenvalue weighted by molar-refractivity contribution is 5.67. The van der Waals surface area contributed by atoms with Crippen molar-refractivity contribution >= 4 is 5.97 Å². The first kappa shape index (κ1) is 11.7. The van der Waals surface area contributed by atoms with Crippen LogP contribution in [0.1, 0.15) is 37.7 Å². The minimum absolute atomic E-state index is 0.327. The molecule has 0 aromatic carbocycles. The number of aliphatic carboxylic acids is 1. The molecule has 0 saturated carbocycles. The molecule has 2 fully saturated rings. The second kappa shape index (κ2) is 4.72. The lowest BCUT2D eigenvalue weighted by Gasteiger charge is -2.38. The maximum atomic E-state index is 10.8. The van der Waals surface area contributed by atoms with Crippen LogP contribution in [0.5, 0.6) is 0 Å². The molecule has 0 aliphatic carbocycles. The van der Waals surface area contributed by atoms with Crippen molar-refractivity contribution in [3.05, 3.63) is 18.0 Å². The van der Waals surface area contributed by atoms with E-state index in [4.69, 9.17) is 9.63 Å². The molecule has 2 bridgehead atoms. The van der Waals surface area contributed by atoms with Gasteiger partial charge in [-0.25, -0.2) is 0 Å². The maximum Gasteiger partial charge on any atom is 0.303 e. The summed E-state index contributed by atoms with van der Waals surface area (Å²) in [5.41, 5.74) is 1.11. The molecule has 98 valence electrons. The Bertz CT molecular complexity index is 404. The van der Waals surface area contributed by atoms with Gasteiger partial charge in [0.05, 0.1) is 6.20 Å². The first-order chi connectivity index (χ1) is 8.72. The van der Waals surface area contributed by atoms with Crippen molar-refractivity contribution in [2.45, 2.75) is 50.7 Å². The van der Waals surface area contributed by atoms with Crippen molar-refractivity contribution < 1.29 is 14.4 Å². The second-order valence-electron chi connectivity index (χ2n) is 5.53. The van der Waals surface area contributed by atoms with Crippen LogP contribution in [0, 0.1) is 5.92 Å². The number of hydrogen-bond acceptors (Lipinski definition) is 4. The summed E-state index contributed by atoms with van der Waals surface area (Å²) >= 11 is 0. The van der Waals surface area contributed by atoms with Crippen LogP contribution in [-0.4, -0.2) is 33.2 Å². The molecule has 18 heavy (non-hydrogen) atoms. The quantitative estimate of drug-likeness (QED) is 0.884. The van der Waals surface area contributed by atoms with Gasteiger partial charge < -0.3 is 9.63 Å². The normalized spacial score (nSPS) is 31.7. The van der Waals surface area contributed by atoms with Crippen LogP contribution < -0.4 is 0 Å². The lowest BCUT2D eigenvalue weighted by Crippen LogP contribution is -2.42. The Morgan fingerprint density at radius 1 is 1.44 bits per heavy atom. The van der Waals surface area contributed by atoms with Crippen LogP contribution >= 0.6 is 0 Å². The van der Waals surface area contributed by atoms with Crippen LogP contribution in [-0.2, 0) is 11.3 Å². The van der Waals surface area contributed by atoms with E-state index in [0.717, 1.165) is 24.9 Å². The van der Waals surface area contributed by atoms with Gasteiger partial charge >= 0.3 is 5.97 Å². The highest BCUT2D eigenvalue weighted by Crippen LogP contribution is 2.40. The summed E-state index contributed by atoms with van der Waals surface area (Å²) in [5, 5.41) is 12.6. The molecule has 0 amide bonds. The molecule has 3 rings (SSSR count). The Balaban J connectivity index is 1.64. The zero-order valence-electron chi connectivity index (χ0n) is 10.3. The zero-order valence-corrected chi connectivity index (χ0v) is 10.3. The van der Waals surface area contributed by atoms with Gasteiger partial charge in [-0.1, -0.05) is 5.16 Å². The largest absolute Gasteiger partial charge is 0.481 e. The fraction of sp³-hybridized carbons (Fsp3) is 0.692. The topological polar surface area (TPSA) is 66.6 Å². The summed E-state index contributed by atoms with van der Waals surface area (Å²) in [7, 11) is 0. The molecular weight excluding hydrogens is 232 g/mol. The number of piperidine rings is 1. The third-order valence-corrected chi connectivity index (χ3v) is 4.29. The van der Waals surface area contributed by atoms with Crippen molar-refractivity contribution in [3.63, 3.8) is 0 Å². The van der Waals surface area contributed by atoms with Gasteiger partial charge in [-0.05, 0) is 31.6 Å². The van der Waals surface area contributed by atoms with E-state index in [-0.39, 0.29) is 0 Å². The average molecular weight is 250 g/mol. The van der Waals surface area contributed by atoms with Crippen LogP contribution in [0.4, 0.5) is 0 Å². The van der Waals surface area contributed by atoms with E-state index < -0.39 is 5.97 Å². The number of carboxylic acid groups (broad SMARTS) is 1. The molecular formula is C13H18N2O3. The molecule has 1 N–H and O–H groups in total. The third-order valence-electron chi connectivity index (χ3n) is 4.29. The minimum atomic E-state index is -0.660. The standard InChI is InChI=1S/C13H18N2O3/c16-13(17)5-9-3-11-1-2-12(4-9)15(11)7-10-6-14-18-8-10/h6,8-9,11-12H,1-5,7H2,(H,16,17). The van der Waals surface area contributed by atoms with Gasteiger partial charge in [0.15, 0.2) is 0 Å². The number of nitrogens with zero attached hydrogens (tertiary/aromatic N) is 2. The number of rotatable bonds is 4. The van der Waals surface area contributed by atoms with Gasteiger partial charge in [-0.15, -0.1) is 0 Å². The van der Waals surface area contributed by atoms with E-state index in [1.165, 1.54) is 12.8 Å². The smallest absolute Gasteiger partial charge is 0.303 e. The maximum absolute atomic E-state index is 10.8. The average Bonchev–Trinajstić information content (AvgIpc) is 2.88. The van der Waals surface area contributed by atoms with E-state index in [2.05, 4.69) is 10.1 Å².